The van der Waals surface area contributed by atoms with Crippen LogP contribution in [0.1, 0.15) is 38.9 Å². The van der Waals surface area contributed by atoms with Gasteiger partial charge in [0.05, 0.1) is 29.8 Å². The van der Waals surface area contributed by atoms with E-state index in [1.54, 1.807) is 18.2 Å². The van der Waals surface area contributed by atoms with Crippen molar-refractivity contribution in [3.63, 3.8) is 0 Å². The second-order valence-corrected chi connectivity index (χ2v) is 8.96. The minimum absolute atomic E-state index is 0.191. The topological polar surface area (TPSA) is 70.8 Å². The van der Waals surface area contributed by atoms with Gasteiger partial charge in [-0.25, -0.2) is 4.90 Å². The van der Waals surface area contributed by atoms with Crippen molar-refractivity contribution in [1.82, 2.24) is 4.90 Å². The number of hydrogen-bond acceptors (Lipinski definition) is 5. The minimum Gasteiger partial charge on any atom is -0.461 e. The van der Waals surface area contributed by atoms with Crippen LogP contribution >= 0.6 is 0 Å². The van der Waals surface area contributed by atoms with E-state index in [1.807, 2.05) is 67.4 Å². The van der Waals surface area contributed by atoms with Gasteiger partial charge >= 0.3 is 0 Å². The molecule has 3 aliphatic rings. The number of carbonyl (C=O) groups excluding carboxylic acids is 3. The van der Waals surface area contributed by atoms with Gasteiger partial charge in [-0.3, -0.25) is 14.4 Å². The first-order valence-corrected chi connectivity index (χ1v) is 11.0. The molecule has 1 aromatic heterocycles. The molecule has 3 aliphatic heterocycles. The van der Waals surface area contributed by atoms with E-state index in [-0.39, 0.29) is 23.4 Å². The van der Waals surface area contributed by atoms with Crippen LogP contribution in [0.2, 0.25) is 0 Å². The van der Waals surface area contributed by atoms with Crippen LogP contribution in [-0.4, -0.2) is 28.5 Å². The molecule has 33 heavy (non-hydrogen) atoms. The van der Waals surface area contributed by atoms with Crippen molar-refractivity contribution in [3.8, 4) is 0 Å². The summed E-state index contributed by atoms with van der Waals surface area (Å²) in [7, 11) is 0. The molecule has 4 heterocycles. The number of imide groups is 1. The number of hydrogen-bond donors (Lipinski definition) is 0. The molecule has 2 fully saturated rings. The fourth-order valence-corrected chi connectivity index (χ4v) is 5.54. The molecule has 2 aromatic carbocycles. The molecule has 3 aromatic rings. The third kappa shape index (κ3) is 2.70. The smallest absolute Gasteiger partial charge is 0.240 e. The summed E-state index contributed by atoms with van der Waals surface area (Å²) in [4.78, 5) is 44.4. The lowest BCUT2D eigenvalue weighted by molar-refractivity contribution is -0.123. The van der Waals surface area contributed by atoms with Gasteiger partial charge in [0.25, 0.3) is 0 Å². The second-order valence-electron chi connectivity index (χ2n) is 8.96. The Morgan fingerprint density at radius 1 is 0.909 bits per heavy atom. The number of rotatable bonds is 3. The lowest BCUT2D eigenvalue weighted by Crippen LogP contribution is -2.44. The summed E-state index contributed by atoms with van der Waals surface area (Å²) in [5.41, 5.74) is 4.58. The van der Waals surface area contributed by atoms with Crippen molar-refractivity contribution >= 4 is 29.4 Å². The lowest BCUT2D eigenvalue weighted by Gasteiger charge is -2.35. The van der Waals surface area contributed by atoms with Gasteiger partial charge in [0.1, 0.15) is 6.04 Å². The van der Waals surface area contributed by atoms with E-state index < -0.39 is 23.9 Å². The van der Waals surface area contributed by atoms with Crippen molar-refractivity contribution in [2.75, 3.05) is 4.90 Å². The zero-order valence-corrected chi connectivity index (χ0v) is 18.3. The molecule has 2 saturated heterocycles. The Kier molecular flexibility index (Phi) is 4.21. The maximum Gasteiger partial charge on any atom is 0.240 e. The molecular weight excluding hydrogens is 416 g/mol. The van der Waals surface area contributed by atoms with Gasteiger partial charge in [0, 0.05) is 6.20 Å². The van der Waals surface area contributed by atoms with E-state index in [9.17, 15) is 14.4 Å². The zero-order valence-electron chi connectivity index (χ0n) is 18.3. The summed E-state index contributed by atoms with van der Waals surface area (Å²) in [6.07, 6.45) is 5.23. The van der Waals surface area contributed by atoms with Crippen molar-refractivity contribution < 1.29 is 18.8 Å². The third-order valence-electron chi connectivity index (χ3n) is 7.24. The van der Waals surface area contributed by atoms with E-state index in [0.29, 0.717) is 5.69 Å². The first-order chi connectivity index (χ1) is 16.0. The molecule has 4 atom stereocenters. The predicted octanol–water partition coefficient (Wildman–Crippen LogP) is 4.29. The quantitative estimate of drug-likeness (QED) is 0.451. The van der Waals surface area contributed by atoms with Crippen LogP contribution in [0.3, 0.4) is 0 Å². The molecular formula is C27H22N2O4. The predicted molar refractivity (Wildman–Crippen MR) is 122 cm³/mol. The van der Waals surface area contributed by atoms with Crippen molar-refractivity contribution in [1.29, 1.82) is 0 Å². The average molecular weight is 438 g/mol. The fourth-order valence-electron chi connectivity index (χ4n) is 5.54. The molecule has 0 unspecified atom stereocenters. The molecule has 2 amide bonds. The highest BCUT2D eigenvalue weighted by Crippen LogP contribution is 2.53. The molecule has 6 rings (SSSR count). The Hall–Kier alpha value is -3.93. The number of carbonyl (C=O) groups is 3. The molecule has 0 N–H and O–H groups in total. The highest BCUT2D eigenvalue weighted by Gasteiger charge is 2.64. The molecule has 6 nitrogen and oxygen atoms in total. The van der Waals surface area contributed by atoms with E-state index in [1.165, 1.54) is 11.2 Å². The number of anilines is 1. The Balaban J connectivity index is 1.51. The average Bonchev–Trinajstić information content (AvgIpc) is 3.52. The molecule has 0 radical (unpaired) electrons. The molecule has 0 aliphatic carbocycles. The van der Waals surface area contributed by atoms with Crippen LogP contribution in [0.15, 0.2) is 71.5 Å². The van der Waals surface area contributed by atoms with E-state index in [4.69, 9.17) is 4.42 Å². The third-order valence-corrected chi connectivity index (χ3v) is 7.24. The van der Waals surface area contributed by atoms with Crippen LogP contribution in [0, 0.1) is 25.7 Å². The standard InChI is InChI=1S/C27H22N2O4/c1-15-9-10-18(14-16(15)2)29-26(31)21-22(27(29)32)24(25(30)20-8-5-13-33-20)28-12-11-17-6-3-4-7-19(17)23(21)28/h3-14,21-24H,1-2H3/t21-,22+,23+,24+/m0/s1. The summed E-state index contributed by atoms with van der Waals surface area (Å²) in [5.74, 6) is -2.14. The highest BCUT2D eigenvalue weighted by molar-refractivity contribution is 6.24. The molecule has 0 spiro atoms. The Bertz CT molecular complexity index is 1340. The number of aryl methyl sites for hydroxylation is 2. The summed E-state index contributed by atoms with van der Waals surface area (Å²) >= 11 is 0. The van der Waals surface area contributed by atoms with Crippen LogP contribution in [0.25, 0.3) is 6.08 Å². The first-order valence-electron chi connectivity index (χ1n) is 11.0. The zero-order chi connectivity index (χ0) is 22.9. The van der Waals surface area contributed by atoms with Crippen molar-refractivity contribution in [2.45, 2.75) is 25.9 Å². The normalized spacial score (nSPS) is 25.3. The Labute approximate surface area is 191 Å². The first kappa shape index (κ1) is 19.7. The molecule has 164 valence electrons. The van der Waals surface area contributed by atoms with Crippen molar-refractivity contribution in [2.24, 2.45) is 11.8 Å². The molecule has 0 saturated carbocycles. The van der Waals surface area contributed by atoms with Crippen LogP contribution in [0.5, 0.6) is 0 Å². The Morgan fingerprint density at radius 3 is 2.45 bits per heavy atom. The number of Topliss-reactive ketones (excluding diaryl/α,β-unsaturated/α-hetero) is 1. The molecule has 0 bridgehead atoms. The number of fused-ring (bicyclic) bond motifs is 5. The Morgan fingerprint density at radius 2 is 1.70 bits per heavy atom. The summed E-state index contributed by atoms with van der Waals surface area (Å²) in [6.45, 7) is 3.94. The number of benzene rings is 2. The molecule has 6 heteroatoms. The van der Waals surface area contributed by atoms with Gasteiger partial charge in [-0.15, -0.1) is 0 Å². The number of amides is 2. The van der Waals surface area contributed by atoms with E-state index in [0.717, 1.165) is 22.3 Å². The number of furan rings is 1. The SMILES string of the molecule is Cc1ccc(N2C(=O)[C@@H]3[C@H](C2=O)[C@H]2c4ccccc4C=CN2[C@H]3C(=O)c2ccco2)cc1C. The second kappa shape index (κ2) is 7.04. The van der Waals surface area contributed by atoms with Gasteiger partial charge < -0.3 is 9.32 Å². The van der Waals surface area contributed by atoms with E-state index in [2.05, 4.69) is 0 Å². The minimum atomic E-state index is -0.816. The maximum atomic E-state index is 13.8. The maximum absolute atomic E-state index is 13.8. The van der Waals surface area contributed by atoms with Gasteiger partial charge in [-0.1, -0.05) is 30.3 Å². The van der Waals surface area contributed by atoms with Gasteiger partial charge in [0.15, 0.2) is 5.76 Å². The fraction of sp³-hybridized carbons (Fsp3) is 0.222. The van der Waals surface area contributed by atoms with Crippen LogP contribution < -0.4 is 4.90 Å². The van der Waals surface area contributed by atoms with Crippen molar-refractivity contribution in [3.05, 3.63) is 95.1 Å². The van der Waals surface area contributed by atoms with Gasteiger partial charge in [-0.05, 0) is 66.4 Å². The number of ketones is 1. The van der Waals surface area contributed by atoms with Crippen LogP contribution in [-0.2, 0) is 9.59 Å². The van der Waals surface area contributed by atoms with Gasteiger partial charge in [0.2, 0.25) is 17.6 Å². The highest BCUT2D eigenvalue weighted by atomic mass is 16.3. The van der Waals surface area contributed by atoms with E-state index >= 15 is 0 Å². The lowest BCUT2D eigenvalue weighted by atomic mass is 9.84. The van der Waals surface area contributed by atoms with Crippen LogP contribution in [0.4, 0.5) is 5.69 Å². The monoisotopic (exact) mass is 438 g/mol. The van der Waals surface area contributed by atoms with Gasteiger partial charge in [-0.2, -0.15) is 0 Å². The summed E-state index contributed by atoms with van der Waals surface area (Å²) in [6, 6.07) is 15.5. The largest absolute Gasteiger partial charge is 0.461 e. The number of nitrogens with zero attached hydrogens (tertiary/aromatic N) is 2. The summed E-state index contributed by atoms with van der Waals surface area (Å²) < 4.78 is 5.40. The summed E-state index contributed by atoms with van der Waals surface area (Å²) in [5, 5.41) is 0.